The van der Waals surface area contributed by atoms with Gasteiger partial charge in [-0.2, -0.15) is 0 Å². The van der Waals surface area contributed by atoms with E-state index in [0.29, 0.717) is 5.92 Å². The lowest BCUT2D eigenvalue weighted by molar-refractivity contribution is 0.510. The van der Waals surface area contributed by atoms with E-state index in [1.54, 1.807) is 6.07 Å². The molecule has 1 nitrogen and oxygen atoms in total. The number of halogens is 1. The van der Waals surface area contributed by atoms with Crippen molar-refractivity contribution in [3.8, 4) is 0 Å². The Morgan fingerprint density at radius 1 is 1.33 bits per heavy atom. The molecule has 0 radical (unpaired) electrons. The van der Waals surface area contributed by atoms with Gasteiger partial charge in [0.1, 0.15) is 5.82 Å². The van der Waals surface area contributed by atoms with Gasteiger partial charge in [0.25, 0.3) is 0 Å². The van der Waals surface area contributed by atoms with E-state index in [2.05, 4.69) is 0 Å². The number of rotatable bonds is 2. The summed E-state index contributed by atoms with van der Waals surface area (Å²) in [6.45, 7) is 4.05. The molecule has 2 N–H and O–H groups in total. The molecule has 1 aromatic carbocycles. The third-order valence-electron chi connectivity index (χ3n) is 1.95. The van der Waals surface area contributed by atoms with Crippen molar-refractivity contribution >= 4 is 0 Å². The summed E-state index contributed by atoms with van der Waals surface area (Å²) in [5.74, 6) is 0.121. The fraction of sp³-hybridized carbons (Fsp3) is 0.400. The maximum atomic E-state index is 12.7. The zero-order valence-corrected chi connectivity index (χ0v) is 7.42. The van der Waals surface area contributed by atoms with Crippen LogP contribution in [0.2, 0.25) is 0 Å². The van der Waals surface area contributed by atoms with Gasteiger partial charge < -0.3 is 5.73 Å². The first kappa shape index (κ1) is 9.20. The van der Waals surface area contributed by atoms with Crippen molar-refractivity contribution in [1.29, 1.82) is 0 Å². The van der Waals surface area contributed by atoms with Gasteiger partial charge in [0, 0.05) is 6.04 Å². The Labute approximate surface area is 72.4 Å². The molecule has 0 heterocycles. The zero-order valence-electron chi connectivity index (χ0n) is 7.42. The third-order valence-corrected chi connectivity index (χ3v) is 1.95. The molecule has 12 heavy (non-hydrogen) atoms. The van der Waals surface area contributed by atoms with E-state index in [0.717, 1.165) is 5.56 Å². The van der Waals surface area contributed by atoms with Gasteiger partial charge in [-0.15, -0.1) is 0 Å². The van der Waals surface area contributed by atoms with Crippen LogP contribution in [0.1, 0.15) is 25.5 Å². The summed E-state index contributed by atoms with van der Waals surface area (Å²) in [5, 5.41) is 0. The van der Waals surface area contributed by atoms with Gasteiger partial charge in [-0.05, 0) is 23.6 Å². The Morgan fingerprint density at radius 3 is 2.50 bits per heavy atom. The molecular formula is C10H14FN. The van der Waals surface area contributed by atoms with Crippen LogP contribution in [0, 0.1) is 11.7 Å². The summed E-state index contributed by atoms with van der Waals surface area (Å²) < 4.78 is 12.7. The number of hydrogen-bond acceptors (Lipinski definition) is 1. The molecule has 1 rings (SSSR count). The number of benzene rings is 1. The van der Waals surface area contributed by atoms with Crippen molar-refractivity contribution < 1.29 is 4.39 Å². The smallest absolute Gasteiger partial charge is 0.123 e. The molecule has 0 aliphatic carbocycles. The van der Waals surface area contributed by atoms with E-state index >= 15 is 0 Å². The van der Waals surface area contributed by atoms with E-state index in [1.165, 1.54) is 12.1 Å². The minimum absolute atomic E-state index is 0.0688. The van der Waals surface area contributed by atoms with Gasteiger partial charge in [0.2, 0.25) is 0 Å². The molecule has 0 aliphatic rings. The van der Waals surface area contributed by atoms with Crippen molar-refractivity contribution in [1.82, 2.24) is 0 Å². The normalized spacial score (nSPS) is 13.4. The lowest BCUT2D eigenvalue weighted by Crippen LogP contribution is -2.16. The monoisotopic (exact) mass is 167 g/mol. The van der Waals surface area contributed by atoms with E-state index in [1.807, 2.05) is 19.9 Å². The minimum Gasteiger partial charge on any atom is -0.324 e. The molecule has 66 valence electrons. The number of nitrogens with two attached hydrogens (primary N) is 1. The van der Waals surface area contributed by atoms with Gasteiger partial charge in [0.15, 0.2) is 0 Å². The minimum atomic E-state index is -0.219. The highest BCUT2D eigenvalue weighted by molar-refractivity contribution is 5.20. The molecule has 0 bridgehead atoms. The second kappa shape index (κ2) is 3.68. The zero-order chi connectivity index (χ0) is 9.14. The highest BCUT2D eigenvalue weighted by atomic mass is 19.1. The largest absolute Gasteiger partial charge is 0.324 e. The molecular weight excluding hydrogens is 153 g/mol. The Hall–Kier alpha value is -0.890. The van der Waals surface area contributed by atoms with Crippen LogP contribution in [-0.4, -0.2) is 0 Å². The quantitative estimate of drug-likeness (QED) is 0.719. The molecule has 0 spiro atoms. The Bertz CT molecular complexity index is 258. The van der Waals surface area contributed by atoms with Crippen molar-refractivity contribution in [3.63, 3.8) is 0 Å². The summed E-state index contributed by atoms with van der Waals surface area (Å²) in [6, 6.07) is 6.39. The van der Waals surface area contributed by atoms with Gasteiger partial charge in [-0.1, -0.05) is 26.0 Å². The van der Waals surface area contributed by atoms with Crippen molar-refractivity contribution in [2.75, 3.05) is 0 Å². The average Bonchev–Trinajstić information content (AvgIpc) is 2.03. The van der Waals surface area contributed by atoms with E-state index < -0.39 is 0 Å². The van der Waals surface area contributed by atoms with Crippen molar-refractivity contribution in [3.05, 3.63) is 35.6 Å². The molecule has 0 fully saturated rings. The summed E-state index contributed by atoms with van der Waals surface area (Å²) in [7, 11) is 0. The molecule has 0 amide bonds. The van der Waals surface area contributed by atoms with E-state index in [4.69, 9.17) is 5.73 Å². The standard InChI is InChI=1S/C10H14FN/c1-7(2)10(12)8-4-3-5-9(11)6-8/h3-7,10H,12H2,1-2H3/t10-/m1/s1. The van der Waals surface area contributed by atoms with E-state index in [-0.39, 0.29) is 11.9 Å². The number of hydrogen-bond donors (Lipinski definition) is 1. The predicted octanol–water partition coefficient (Wildman–Crippen LogP) is 2.48. The van der Waals surface area contributed by atoms with Crippen LogP contribution in [0.4, 0.5) is 4.39 Å². The summed E-state index contributed by atoms with van der Waals surface area (Å²) in [6.07, 6.45) is 0. The highest BCUT2D eigenvalue weighted by Crippen LogP contribution is 2.18. The molecule has 1 atom stereocenters. The summed E-state index contributed by atoms with van der Waals surface area (Å²) in [4.78, 5) is 0. The van der Waals surface area contributed by atoms with Crippen molar-refractivity contribution in [2.45, 2.75) is 19.9 Å². The van der Waals surface area contributed by atoms with Gasteiger partial charge in [-0.25, -0.2) is 4.39 Å². The topological polar surface area (TPSA) is 26.0 Å². The lowest BCUT2D eigenvalue weighted by Gasteiger charge is -2.15. The van der Waals surface area contributed by atoms with Gasteiger partial charge >= 0.3 is 0 Å². The van der Waals surface area contributed by atoms with Crippen LogP contribution >= 0.6 is 0 Å². The third kappa shape index (κ3) is 2.05. The Balaban J connectivity index is 2.88. The maximum Gasteiger partial charge on any atom is 0.123 e. The SMILES string of the molecule is CC(C)[C@@H](N)c1cccc(F)c1. The fourth-order valence-corrected chi connectivity index (χ4v) is 1.10. The summed E-state index contributed by atoms with van der Waals surface area (Å²) >= 11 is 0. The first-order valence-electron chi connectivity index (χ1n) is 4.12. The lowest BCUT2D eigenvalue weighted by atomic mass is 9.97. The molecule has 1 aromatic rings. The second-order valence-corrected chi connectivity index (χ2v) is 3.32. The highest BCUT2D eigenvalue weighted by Gasteiger charge is 2.09. The van der Waals surface area contributed by atoms with E-state index in [9.17, 15) is 4.39 Å². The molecule has 0 saturated heterocycles. The first-order valence-corrected chi connectivity index (χ1v) is 4.12. The molecule has 0 aliphatic heterocycles. The predicted molar refractivity (Wildman–Crippen MR) is 48.2 cm³/mol. The van der Waals surface area contributed by atoms with Crippen LogP contribution in [0.3, 0.4) is 0 Å². The molecule has 0 saturated carbocycles. The Kier molecular flexibility index (Phi) is 2.82. The van der Waals surface area contributed by atoms with Crippen molar-refractivity contribution in [2.24, 2.45) is 11.7 Å². The fourth-order valence-electron chi connectivity index (χ4n) is 1.10. The van der Waals surface area contributed by atoms with Crippen LogP contribution in [0.5, 0.6) is 0 Å². The van der Waals surface area contributed by atoms with Crippen LogP contribution < -0.4 is 5.73 Å². The van der Waals surface area contributed by atoms with Crippen LogP contribution in [-0.2, 0) is 0 Å². The second-order valence-electron chi connectivity index (χ2n) is 3.32. The first-order chi connectivity index (χ1) is 5.61. The van der Waals surface area contributed by atoms with Crippen LogP contribution in [0.25, 0.3) is 0 Å². The molecule has 2 heteroatoms. The van der Waals surface area contributed by atoms with Crippen LogP contribution in [0.15, 0.2) is 24.3 Å². The van der Waals surface area contributed by atoms with Gasteiger partial charge in [0.05, 0.1) is 0 Å². The average molecular weight is 167 g/mol. The van der Waals surface area contributed by atoms with Gasteiger partial charge in [-0.3, -0.25) is 0 Å². The molecule has 0 aromatic heterocycles. The maximum absolute atomic E-state index is 12.7. The Morgan fingerprint density at radius 2 is 2.00 bits per heavy atom. The molecule has 0 unspecified atom stereocenters. The summed E-state index contributed by atoms with van der Waals surface area (Å²) in [5.41, 5.74) is 6.71.